The second-order valence-electron chi connectivity index (χ2n) is 4.73. The second kappa shape index (κ2) is 6.11. The van der Waals surface area contributed by atoms with Crippen molar-refractivity contribution in [1.82, 2.24) is 0 Å². The van der Waals surface area contributed by atoms with Gasteiger partial charge in [-0.15, -0.1) is 0 Å². The fourth-order valence-corrected chi connectivity index (χ4v) is 2.46. The lowest BCUT2D eigenvalue weighted by Crippen LogP contribution is -2.50. The smallest absolute Gasteiger partial charge is 0.244 e. The third-order valence-corrected chi connectivity index (χ3v) is 4.77. The van der Waals surface area contributed by atoms with E-state index in [1.165, 1.54) is 18.2 Å². The van der Waals surface area contributed by atoms with Crippen molar-refractivity contribution in [2.75, 3.05) is 11.6 Å². The van der Waals surface area contributed by atoms with Gasteiger partial charge in [0.2, 0.25) is 5.91 Å². The van der Waals surface area contributed by atoms with Gasteiger partial charge >= 0.3 is 0 Å². The van der Waals surface area contributed by atoms with Crippen LogP contribution in [-0.4, -0.2) is 26.1 Å². The zero-order valence-electron chi connectivity index (χ0n) is 11.7. The summed E-state index contributed by atoms with van der Waals surface area (Å²) in [4.78, 5) is 12.3. The van der Waals surface area contributed by atoms with E-state index >= 15 is 0 Å². The van der Waals surface area contributed by atoms with E-state index < -0.39 is 15.4 Å². The van der Waals surface area contributed by atoms with Crippen LogP contribution in [-0.2, 0) is 14.6 Å². The molecule has 0 aliphatic heterocycles. The molecule has 0 radical (unpaired) electrons. The number of rotatable bonds is 5. The minimum absolute atomic E-state index is 0.0906. The van der Waals surface area contributed by atoms with Gasteiger partial charge in [0.1, 0.15) is 0 Å². The van der Waals surface area contributed by atoms with E-state index in [1.54, 1.807) is 0 Å². The number of hydrogen-bond acceptors (Lipinski definition) is 4. The normalized spacial score (nSPS) is 12.2. The van der Waals surface area contributed by atoms with E-state index in [2.05, 4.69) is 5.32 Å². The molecule has 112 valence electrons. The highest BCUT2D eigenvalue weighted by atomic mass is 35.5. The molecule has 1 aromatic carbocycles. The van der Waals surface area contributed by atoms with Crippen LogP contribution in [0.15, 0.2) is 23.1 Å². The largest absolute Gasteiger partial charge is 0.323 e. The molecule has 1 amide bonds. The number of nitrogens with two attached hydrogens (primary N) is 1. The number of amides is 1. The third kappa shape index (κ3) is 3.71. The van der Waals surface area contributed by atoms with Gasteiger partial charge in [-0.05, 0) is 31.0 Å². The predicted molar refractivity (Wildman–Crippen MR) is 80.7 cm³/mol. The zero-order valence-corrected chi connectivity index (χ0v) is 13.3. The van der Waals surface area contributed by atoms with Crippen molar-refractivity contribution in [2.45, 2.75) is 37.1 Å². The first-order valence-electron chi connectivity index (χ1n) is 6.24. The molecule has 7 heteroatoms. The minimum Gasteiger partial charge on any atom is -0.323 e. The summed E-state index contributed by atoms with van der Waals surface area (Å²) in [6.45, 7) is 3.63. The number of hydrogen-bond donors (Lipinski definition) is 2. The topological polar surface area (TPSA) is 89.3 Å². The van der Waals surface area contributed by atoms with Crippen LogP contribution in [0, 0.1) is 0 Å². The lowest BCUT2D eigenvalue weighted by atomic mass is 9.93. The summed E-state index contributed by atoms with van der Waals surface area (Å²) in [5.41, 5.74) is 5.24. The van der Waals surface area contributed by atoms with Crippen LogP contribution in [0.3, 0.4) is 0 Å². The summed E-state index contributed by atoms with van der Waals surface area (Å²) in [5, 5.41) is 2.87. The van der Waals surface area contributed by atoms with Gasteiger partial charge in [0.15, 0.2) is 9.84 Å². The molecule has 0 spiro atoms. The number of nitrogens with one attached hydrogen (secondary N) is 1. The third-order valence-electron chi connectivity index (χ3n) is 3.33. The molecule has 1 rings (SSSR count). The van der Waals surface area contributed by atoms with E-state index in [9.17, 15) is 13.2 Å². The van der Waals surface area contributed by atoms with E-state index in [-0.39, 0.29) is 21.5 Å². The molecule has 1 aromatic rings. The fourth-order valence-electron chi connectivity index (χ4n) is 1.65. The number of sulfone groups is 1. The number of carbonyl (C=O) groups excluding carboxylic acids is 1. The molecule has 0 bridgehead atoms. The van der Waals surface area contributed by atoms with E-state index in [0.29, 0.717) is 12.8 Å². The van der Waals surface area contributed by atoms with Gasteiger partial charge in [0.05, 0.1) is 21.1 Å². The molecule has 3 N–H and O–H groups in total. The van der Waals surface area contributed by atoms with Crippen LogP contribution >= 0.6 is 11.6 Å². The monoisotopic (exact) mass is 318 g/mol. The van der Waals surface area contributed by atoms with Crippen molar-refractivity contribution >= 4 is 33.0 Å². The second-order valence-corrected chi connectivity index (χ2v) is 7.15. The lowest BCUT2D eigenvalue weighted by molar-refractivity contribution is -0.121. The molecule has 0 aromatic heterocycles. The maximum atomic E-state index is 12.2. The van der Waals surface area contributed by atoms with E-state index in [0.717, 1.165) is 6.26 Å². The molecule has 0 fully saturated rings. The van der Waals surface area contributed by atoms with Crippen LogP contribution < -0.4 is 11.1 Å². The summed E-state index contributed by atoms with van der Waals surface area (Å²) in [5.74, 6) is -0.380. The molecule has 0 unspecified atom stereocenters. The Morgan fingerprint density at radius 1 is 1.35 bits per heavy atom. The molecular formula is C13H19ClN2O3S. The molecule has 0 saturated heterocycles. The van der Waals surface area contributed by atoms with Crippen molar-refractivity contribution in [2.24, 2.45) is 5.73 Å². The highest BCUT2D eigenvalue weighted by Crippen LogP contribution is 2.26. The van der Waals surface area contributed by atoms with Crippen molar-refractivity contribution in [3.63, 3.8) is 0 Å². The summed E-state index contributed by atoms with van der Waals surface area (Å²) in [6, 6.07) is 4.16. The van der Waals surface area contributed by atoms with Gasteiger partial charge in [-0.2, -0.15) is 0 Å². The molecule has 0 aliphatic carbocycles. The average molecular weight is 319 g/mol. The average Bonchev–Trinajstić information content (AvgIpc) is 2.38. The number of benzene rings is 1. The first-order valence-corrected chi connectivity index (χ1v) is 8.51. The van der Waals surface area contributed by atoms with Crippen molar-refractivity contribution in [1.29, 1.82) is 0 Å². The minimum atomic E-state index is -3.37. The molecule has 5 nitrogen and oxygen atoms in total. The first-order chi connectivity index (χ1) is 9.14. The van der Waals surface area contributed by atoms with Gasteiger partial charge in [0, 0.05) is 6.26 Å². The molecule has 0 heterocycles. The van der Waals surface area contributed by atoms with Gasteiger partial charge in [0.25, 0.3) is 0 Å². The Morgan fingerprint density at radius 3 is 2.35 bits per heavy atom. The Kier molecular flexibility index (Phi) is 5.18. The Labute approximate surface area is 124 Å². The standard InChI is InChI=1S/C13H19ClN2O3S/c1-4-13(15,5-2)12(17)16-11-8-9(20(3,18)19)6-7-10(11)14/h6-8H,4-5,15H2,1-3H3,(H,16,17). The van der Waals surface area contributed by atoms with Gasteiger partial charge in [-0.3, -0.25) is 4.79 Å². The first kappa shape index (κ1) is 16.9. The van der Waals surface area contributed by atoms with Gasteiger partial charge < -0.3 is 11.1 Å². The van der Waals surface area contributed by atoms with E-state index in [1.807, 2.05) is 13.8 Å². The molecule has 0 saturated carbocycles. The Morgan fingerprint density at radius 2 is 1.90 bits per heavy atom. The zero-order chi connectivity index (χ0) is 15.6. The maximum Gasteiger partial charge on any atom is 0.244 e. The lowest BCUT2D eigenvalue weighted by Gasteiger charge is -2.25. The molecule has 20 heavy (non-hydrogen) atoms. The van der Waals surface area contributed by atoms with Crippen molar-refractivity contribution in [3.05, 3.63) is 23.2 Å². The van der Waals surface area contributed by atoms with E-state index in [4.69, 9.17) is 17.3 Å². The molecule has 0 aliphatic rings. The number of carbonyl (C=O) groups is 1. The van der Waals surface area contributed by atoms with Gasteiger partial charge in [-0.25, -0.2) is 8.42 Å². The Bertz CT molecular complexity index is 610. The van der Waals surface area contributed by atoms with Crippen LogP contribution in [0.4, 0.5) is 5.69 Å². The van der Waals surface area contributed by atoms with Crippen LogP contribution in [0.2, 0.25) is 5.02 Å². The predicted octanol–water partition coefficient (Wildman–Crippen LogP) is 2.20. The highest BCUT2D eigenvalue weighted by molar-refractivity contribution is 7.90. The van der Waals surface area contributed by atoms with Crippen LogP contribution in [0.1, 0.15) is 26.7 Å². The molecule has 0 atom stereocenters. The van der Waals surface area contributed by atoms with Gasteiger partial charge in [-0.1, -0.05) is 25.4 Å². The summed E-state index contributed by atoms with van der Waals surface area (Å²) in [6.07, 6.45) is 2.03. The van der Waals surface area contributed by atoms with Crippen molar-refractivity contribution < 1.29 is 13.2 Å². The Balaban J connectivity index is 3.13. The molecular weight excluding hydrogens is 300 g/mol. The Hall–Kier alpha value is -1.11. The summed E-state index contributed by atoms with van der Waals surface area (Å²) < 4.78 is 23.0. The number of anilines is 1. The van der Waals surface area contributed by atoms with Crippen molar-refractivity contribution in [3.8, 4) is 0 Å². The quantitative estimate of drug-likeness (QED) is 0.871. The van der Waals surface area contributed by atoms with Crippen LogP contribution in [0.5, 0.6) is 0 Å². The van der Waals surface area contributed by atoms with Crippen LogP contribution in [0.25, 0.3) is 0 Å². The number of halogens is 1. The SMILES string of the molecule is CCC(N)(CC)C(=O)Nc1cc(S(C)(=O)=O)ccc1Cl. The summed E-state index contributed by atoms with van der Waals surface area (Å²) in [7, 11) is -3.37. The fraction of sp³-hybridized carbons (Fsp3) is 0.462. The summed E-state index contributed by atoms with van der Waals surface area (Å²) >= 11 is 5.98. The maximum absolute atomic E-state index is 12.2. The highest BCUT2D eigenvalue weighted by Gasteiger charge is 2.30.